The minimum Gasteiger partial charge on any atom is -0.378 e. The summed E-state index contributed by atoms with van der Waals surface area (Å²) in [5.41, 5.74) is 7.78. The highest BCUT2D eigenvalue weighted by atomic mass is 16.5. The molecule has 0 spiro atoms. The van der Waals surface area contributed by atoms with Crippen molar-refractivity contribution < 1.29 is 9.53 Å². The van der Waals surface area contributed by atoms with Crippen LogP contribution in [-0.2, 0) is 16.0 Å². The van der Waals surface area contributed by atoms with Crippen molar-refractivity contribution in [2.45, 2.75) is 12.8 Å². The Morgan fingerprint density at radius 3 is 2.69 bits per heavy atom. The molecule has 1 atom stereocenters. The summed E-state index contributed by atoms with van der Waals surface area (Å²) in [6.07, 6.45) is 1.25. The fourth-order valence-electron chi connectivity index (χ4n) is 3.63. The van der Waals surface area contributed by atoms with E-state index in [2.05, 4.69) is 14.9 Å². The summed E-state index contributed by atoms with van der Waals surface area (Å²) in [4.78, 5) is 25.2. The number of para-hydroxylation sites is 1. The van der Waals surface area contributed by atoms with Gasteiger partial charge in [-0.1, -0.05) is 18.2 Å². The molecule has 2 saturated heterocycles. The number of ether oxygens (including phenoxy) is 1. The first-order chi connectivity index (χ1) is 12.7. The number of rotatable bonds is 4. The molecular weight excluding hydrogens is 330 g/mol. The molecule has 4 rings (SSSR count). The summed E-state index contributed by atoms with van der Waals surface area (Å²) in [7, 11) is 0. The number of nitrogens with zero attached hydrogens (tertiary/aromatic N) is 4. The van der Waals surface area contributed by atoms with Crippen molar-refractivity contribution in [3.8, 4) is 0 Å². The molecule has 2 aromatic rings. The molecule has 26 heavy (non-hydrogen) atoms. The number of hydrogen-bond acceptors (Lipinski definition) is 6. The first kappa shape index (κ1) is 16.8. The molecule has 0 unspecified atom stereocenters. The fourth-order valence-corrected chi connectivity index (χ4v) is 3.63. The van der Waals surface area contributed by atoms with Gasteiger partial charge in [-0.3, -0.25) is 4.79 Å². The van der Waals surface area contributed by atoms with Crippen molar-refractivity contribution in [3.05, 3.63) is 42.1 Å². The Balaban J connectivity index is 1.47. The van der Waals surface area contributed by atoms with Crippen LogP contribution in [0.25, 0.3) is 0 Å². The molecule has 2 aliphatic heterocycles. The lowest BCUT2D eigenvalue weighted by Crippen LogP contribution is -2.37. The van der Waals surface area contributed by atoms with Crippen molar-refractivity contribution in [1.82, 2.24) is 9.97 Å². The monoisotopic (exact) mass is 353 g/mol. The lowest BCUT2D eigenvalue weighted by atomic mass is 10.0. The van der Waals surface area contributed by atoms with Gasteiger partial charge in [-0.15, -0.1) is 0 Å². The predicted octanol–water partition coefficient (Wildman–Crippen LogP) is 1.49. The Hall–Kier alpha value is -2.67. The van der Waals surface area contributed by atoms with Gasteiger partial charge in [0.15, 0.2) is 0 Å². The van der Waals surface area contributed by atoms with Crippen LogP contribution in [0.2, 0.25) is 0 Å². The van der Waals surface area contributed by atoms with Crippen LogP contribution >= 0.6 is 0 Å². The number of nitrogen functional groups attached to an aromatic ring is 1. The van der Waals surface area contributed by atoms with E-state index in [9.17, 15) is 4.79 Å². The van der Waals surface area contributed by atoms with E-state index < -0.39 is 0 Å². The van der Waals surface area contributed by atoms with E-state index in [4.69, 9.17) is 10.5 Å². The number of morpholine rings is 1. The number of aromatic nitrogens is 2. The van der Waals surface area contributed by atoms with Gasteiger partial charge in [0.1, 0.15) is 5.82 Å². The fraction of sp³-hybridized carbons (Fsp3) is 0.421. The van der Waals surface area contributed by atoms with Gasteiger partial charge < -0.3 is 20.3 Å². The average molecular weight is 353 g/mol. The highest BCUT2D eigenvalue weighted by Gasteiger charge is 2.31. The van der Waals surface area contributed by atoms with E-state index in [-0.39, 0.29) is 17.8 Å². The maximum absolute atomic E-state index is 12.4. The summed E-state index contributed by atoms with van der Waals surface area (Å²) in [5.74, 6) is 1.53. The molecular formula is C19H23N5O2. The van der Waals surface area contributed by atoms with E-state index in [1.807, 2.05) is 41.3 Å². The lowest BCUT2D eigenvalue weighted by Gasteiger charge is -2.28. The molecule has 1 aromatic heterocycles. The maximum Gasteiger partial charge on any atom is 0.227 e. The van der Waals surface area contributed by atoms with Crippen LogP contribution in [0.4, 0.5) is 17.5 Å². The minimum absolute atomic E-state index is 0.164. The number of hydrogen-bond donors (Lipinski definition) is 1. The van der Waals surface area contributed by atoms with Gasteiger partial charge in [-0.25, -0.2) is 4.98 Å². The third kappa shape index (κ3) is 3.62. The van der Waals surface area contributed by atoms with Crippen molar-refractivity contribution in [2.24, 2.45) is 5.92 Å². The largest absolute Gasteiger partial charge is 0.378 e. The molecule has 0 aliphatic carbocycles. The molecule has 0 bridgehead atoms. The Bertz CT molecular complexity index is 777. The number of carbonyl (C=O) groups excluding carboxylic acids is 1. The normalized spacial score (nSPS) is 20.6. The van der Waals surface area contributed by atoms with E-state index in [1.54, 1.807) is 0 Å². The van der Waals surface area contributed by atoms with Crippen molar-refractivity contribution in [3.63, 3.8) is 0 Å². The molecule has 7 nitrogen and oxygen atoms in total. The summed E-state index contributed by atoms with van der Waals surface area (Å²) in [5, 5.41) is 0. The zero-order chi connectivity index (χ0) is 17.9. The number of anilines is 3. The second kappa shape index (κ2) is 7.29. The topological polar surface area (TPSA) is 84.6 Å². The van der Waals surface area contributed by atoms with Crippen LogP contribution in [0, 0.1) is 5.92 Å². The zero-order valence-corrected chi connectivity index (χ0v) is 14.7. The highest BCUT2D eigenvalue weighted by Crippen LogP contribution is 2.27. The average Bonchev–Trinajstić information content (AvgIpc) is 3.03. The number of nitrogens with two attached hydrogens (primary N) is 1. The predicted molar refractivity (Wildman–Crippen MR) is 100 cm³/mol. The van der Waals surface area contributed by atoms with E-state index in [0.29, 0.717) is 26.2 Å². The van der Waals surface area contributed by atoms with E-state index in [1.165, 1.54) is 0 Å². The molecule has 2 N–H and O–H groups in total. The second-order valence-electron chi connectivity index (χ2n) is 6.79. The molecule has 0 radical (unpaired) electrons. The van der Waals surface area contributed by atoms with Gasteiger partial charge in [-0.2, -0.15) is 4.98 Å². The summed E-state index contributed by atoms with van der Waals surface area (Å²) in [6, 6.07) is 11.8. The number of benzene rings is 1. The molecule has 136 valence electrons. The first-order valence-electron chi connectivity index (χ1n) is 9.00. The van der Waals surface area contributed by atoms with Gasteiger partial charge >= 0.3 is 0 Å². The third-order valence-electron chi connectivity index (χ3n) is 4.89. The van der Waals surface area contributed by atoms with Crippen LogP contribution in [0.15, 0.2) is 36.4 Å². The van der Waals surface area contributed by atoms with Gasteiger partial charge in [0, 0.05) is 43.5 Å². The van der Waals surface area contributed by atoms with Crippen LogP contribution in [0.1, 0.15) is 12.1 Å². The second-order valence-corrected chi connectivity index (χ2v) is 6.79. The number of carbonyl (C=O) groups is 1. The number of amides is 1. The van der Waals surface area contributed by atoms with E-state index in [0.717, 1.165) is 36.7 Å². The molecule has 2 fully saturated rings. The third-order valence-corrected chi connectivity index (χ3v) is 4.89. The summed E-state index contributed by atoms with van der Waals surface area (Å²) >= 11 is 0. The van der Waals surface area contributed by atoms with Crippen LogP contribution < -0.4 is 15.5 Å². The minimum atomic E-state index is 0.164. The Morgan fingerprint density at radius 2 is 1.92 bits per heavy atom. The van der Waals surface area contributed by atoms with Crippen LogP contribution in [0.5, 0.6) is 0 Å². The molecule has 3 heterocycles. The quantitative estimate of drug-likeness (QED) is 0.896. The molecule has 7 heteroatoms. The van der Waals surface area contributed by atoms with Crippen molar-refractivity contribution >= 4 is 23.4 Å². The van der Waals surface area contributed by atoms with Crippen LogP contribution in [-0.4, -0.2) is 48.7 Å². The Morgan fingerprint density at radius 1 is 1.15 bits per heavy atom. The summed E-state index contributed by atoms with van der Waals surface area (Å²) < 4.78 is 5.40. The van der Waals surface area contributed by atoms with Gasteiger partial charge in [-0.05, 0) is 24.5 Å². The molecule has 0 saturated carbocycles. The standard InChI is InChI=1S/C19H23N5O2/c20-19-21-15(12-17(22-19)23-6-8-26-9-7-23)10-14-11-18(25)24(13-14)16-4-2-1-3-5-16/h1-5,12,14H,6-11,13H2,(H2,20,21,22)/t14-/m0/s1. The molecule has 2 aliphatic rings. The van der Waals surface area contributed by atoms with Crippen molar-refractivity contribution in [2.75, 3.05) is 48.4 Å². The summed E-state index contributed by atoms with van der Waals surface area (Å²) in [6.45, 7) is 3.71. The van der Waals surface area contributed by atoms with E-state index >= 15 is 0 Å². The van der Waals surface area contributed by atoms with Crippen molar-refractivity contribution in [1.29, 1.82) is 0 Å². The smallest absolute Gasteiger partial charge is 0.227 e. The molecule has 1 amide bonds. The Kier molecular flexibility index (Phi) is 4.71. The molecule has 1 aromatic carbocycles. The maximum atomic E-state index is 12.4. The van der Waals surface area contributed by atoms with Gasteiger partial charge in [0.05, 0.1) is 13.2 Å². The SMILES string of the molecule is Nc1nc(C[C@H]2CC(=O)N(c3ccccc3)C2)cc(N2CCOCC2)n1. The van der Waals surface area contributed by atoms with Gasteiger partial charge in [0.2, 0.25) is 11.9 Å². The van der Waals surface area contributed by atoms with Crippen LogP contribution in [0.3, 0.4) is 0 Å². The lowest BCUT2D eigenvalue weighted by molar-refractivity contribution is -0.117. The zero-order valence-electron chi connectivity index (χ0n) is 14.7. The van der Waals surface area contributed by atoms with Gasteiger partial charge in [0.25, 0.3) is 0 Å². The Labute approximate surface area is 152 Å². The highest BCUT2D eigenvalue weighted by molar-refractivity contribution is 5.95. The first-order valence-corrected chi connectivity index (χ1v) is 9.00.